The third-order valence-electron chi connectivity index (χ3n) is 7.89. The molecule has 1 heterocycles. The molecule has 3 aliphatic rings. The highest BCUT2D eigenvalue weighted by Crippen LogP contribution is 2.59. The van der Waals surface area contributed by atoms with Gasteiger partial charge in [0.25, 0.3) is 0 Å². The molecule has 0 spiro atoms. The number of ketones is 1. The Morgan fingerprint density at radius 3 is 2.71 bits per heavy atom. The molecule has 1 amide bonds. The lowest BCUT2D eigenvalue weighted by Gasteiger charge is -2.58. The zero-order valence-electron chi connectivity index (χ0n) is 15.5. The highest BCUT2D eigenvalue weighted by atomic mass is 16.3. The molecule has 1 saturated heterocycles. The molecule has 0 bridgehead atoms. The molecular weight excluding hydrogens is 302 g/mol. The summed E-state index contributed by atoms with van der Waals surface area (Å²) in [6, 6.07) is 0. The molecule has 0 radical (unpaired) electrons. The van der Waals surface area contributed by atoms with Gasteiger partial charge in [-0.2, -0.15) is 0 Å². The second-order valence-electron chi connectivity index (χ2n) is 8.84. The SMILES string of the molecule is CCC(O)CCC1(C)C2CCC3(C)C(=O)CCC3C2CCN1C=O. The highest BCUT2D eigenvalue weighted by Gasteiger charge is 2.59. The van der Waals surface area contributed by atoms with E-state index in [9.17, 15) is 14.7 Å². The first kappa shape index (κ1) is 17.9. The normalized spacial score (nSPS) is 43.2. The molecule has 3 rings (SSSR count). The maximum absolute atomic E-state index is 12.4. The lowest BCUT2D eigenvalue weighted by molar-refractivity contribution is -0.147. The smallest absolute Gasteiger partial charge is 0.210 e. The fraction of sp³-hybridized carbons (Fsp3) is 0.900. The van der Waals surface area contributed by atoms with E-state index in [4.69, 9.17) is 0 Å². The number of aliphatic hydroxyl groups is 1. The monoisotopic (exact) mass is 335 g/mol. The topological polar surface area (TPSA) is 57.6 Å². The maximum atomic E-state index is 12.4. The van der Waals surface area contributed by atoms with Gasteiger partial charge >= 0.3 is 0 Å². The number of likely N-dealkylation sites (tertiary alicyclic amines) is 1. The fourth-order valence-electron chi connectivity index (χ4n) is 6.15. The van der Waals surface area contributed by atoms with Gasteiger partial charge in [0.1, 0.15) is 5.78 Å². The summed E-state index contributed by atoms with van der Waals surface area (Å²) in [5.74, 6) is 1.97. The quantitative estimate of drug-likeness (QED) is 0.785. The summed E-state index contributed by atoms with van der Waals surface area (Å²) in [5.41, 5.74) is -0.290. The van der Waals surface area contributed by atoms with Gasteiger partial charge in [0, 0.05) is 23.9 Å². The lowest BCUT2D eigenvalue weighted by atomic mass is 9.53. The maximum Gasteiger partial charge on any atom is 0.210 e. The number of hydrogen-bond acceptors (Lipinski definition) is 3. The van der Waals surface area contributed by atoms with Crippen LogP contribution in [0.2, 0.25) is 0 Å². The molecule has 4 nitrogen and oxygen atoms in total. The van der Waals surface area contributed by atoms with Crippen molar-refractivity contribution < 1.29 is 14.7 Å². The van der Waals surface area contributed by atoms with Crippen molar-refractivity contribution in [2.45, 2.75) is 83.8 Å². The van der Waals surface area contributed by atoms with Gasteiger partial charge in [0.05, 0.1) is 6.10 Å². The second kappa shape index (κ2) is 6.44. The summed E-state index contributed by atoms with van der Waals surface area (Å²) in [5, 5.41) is 10.0. The van der Waals surface area contributed by atoms with E-state index >= 15 is 0 Å². The number of rotatable bonds is 5. The molecule has 6 atom stereocenters. The molecule has 2 aliphatic carbocycles. The summed E-state index contributed by atoms with van der Waals surface area (Å²) in [4.78, 5) is 26.2. The first-order valence-electron chi connectivity index (χ1n) is 9.80. The van der Waals surface area contributed by atoms with E-state index in [-0.39, 0.29) is 17.1 Å². The molecule has 1 N–H and O–H groups in total. The van der Waals surface area contributed by atoms with Crippen molar-refractivity contribution >= 4 is 12.2 Å². The zero-order chi connectivity index (χ0) is 17.5. The van der Waals surface area contributed by atoms with Crippen molar-refractivity contribution in [3.05, 3.63) is 0 Å². The van der Waals surface area contributed by atoms with E-state index < -0.39 is 0 Å². The van der Waals surface area contributed by atoms with Crippen molar-refractivity contribution in [1.29, 1.82) is 0 Å². The van der Waals surface area contributed by atoms with Gasteiger partial charge in [-0.25, -0.2) is 0 Å². The Morgan fingerprint density at radius 1 is 1.29 bits per heavy atom. The molecule has 2 saturated carbocycles. The van der Waals surface area contributed by atoms with Crippen LogP contribution in [-0.4, -0.2) is 40.4 Å². The molecule has 3 fully saturated rings. The average Bonchev–Trinajstić information content (AvgIpc) is 2.88. The van der Waals surface area contributed by atoms with Crippen molar-refractivity contribution in [2.75, 3.05) is 6.54 Å². The Bertz CT molecular complexity index is 507. The standard InChI is InChI=1S/C20H33NO3/c1-4-14(23)7-11-20(3)17-8-10-19(2)16(5-6-18(19)24)15(17)9-12-21(20)13-22/h13-17,23H,4-12H2,1-3H3. The number of carbonyl (C=O) groups excluding carboxylic acids is 2. The third-order valence-corrected chi connectivity index (χ3v) is 7.89. The van der Waals surface area contributed by atoms with Crippen LogP contribution in [0.5, 0.6) is 0 Å². The summed E-state index contributed by atoms with van der Waals surface area (Å²) in [7, 11) is 0. The predicted molar refractivity (Wildman–Crippen MR) is 93.4 cm³/mol. The van der Waals surface area contributed by atoms with Crippen LogP contribution < -0.4 is 0 Å². The van der Waals surface area contributed by atoms with Gasteiger partial charge in [-0.3, -0.25) is 9.59 Å². The zero-order valence-corrected chi connectivity index (χ0v) is 15.5. The minimum Gasteiger partial charge on any atom is -0.393 e. The second-order valence-corrected chi connectivity index (χ2v) is 8.84. The van der Waals surface area contributed by atoms with Crippen molar-refractivity contribution in [3.63, 3.8) is 0 Å². The van der Waals surface area contributed by atoms with Gasteiger partial charge < -0.3 is 10.0 Å². The molecule has 4 heteroatoms. The van der Waals surface area contributed by atoms with E-state index in [1.807, 2.05) is 11.8 Å². The van der Waals surface area contributed by atoms with Crippen LogP contribution in [0.4, 0.5) is 0 Å². The van der Waals surface area contributed by atoms with Crippen LogP contribution in [0.15, 0.2) is 0 Å². The largest absolute Gasteiger partial charge is 0.393 e. The van der Waals surface area contributed by atoms with Gasteiger partial charge in [0.2, 0.25) is 6.41 Å². The lowest BCUT2D eigenvalue weighted by Crippen LogP contribution is -2.61. The van der Waals surface area contributed by atoms with Gasteiger partial charge in [-0.1, -0.05) is 13.8 Å². The van der Waals surface area contributed by atoms with E-state index in [0.29, 0.717) is 23.5 Å². The summed E-state index contributed by atoms with van der Waals surface area (Å²) in [6.07, 6.45) is 7.92. The number of aliphatic hydroxyl groups excluding tert-OH is 1. The molecule has 136 valence electrons. The minimum atomic E-state index is -0.280. The number of Topliss-reactive ketones (excluding diaryl/α,β-unsaturated/α-hetero) is 1. The van der Waals surface area contributed by atoms with E-state index in [1.165, 1.54) is 0 Å². The first-order valence-corrected chi connectivity index (χ1v) is 9.80. The number of piperidine rings is 1. The number of fused-ring (bicyclic) bond motifs is 3. The fourth-order valence-corrected chi connectivity index (χ4v) is 6.15. The molecule has 0 aromatic carbocycles. The van der Waals surface area contributed by atoms with E-state index in [2.05, 4.69) is 13.8 Å². The Balaban J connectivity index is 1.85. The predicted octanol–water partition coefficient (Wildman–Crippen LogP) is 3.17. The van der Waals surface area contributed by atoms with Crippen LogP contribution >= 0.6 is 0 Å². The third kappa shape index (κ3) is 2.61. The number of carbonyl (C=O) groups is 2. The molecule has 24 heavy (non-hydrogen) atoms. The van der Waals surface area contributed by atoms with E-state index in [1.54, 1.807) is 0 Å². The van der Waals surface area contributed by atoms with Crippen molar-refractivity contribution in [2.24, 2.45) is 23.2 Å². The van der Waals surface area contributed by atoms with Crippen LogP contribution in [0.25, 0.3) is 0 Å². The average molecular weight is 335 g/mol. The Kier molecular flexibility index (Phi) is 4.80. The van der Waals surface area contributed by atoms with Crippen LogP contribution in [-0.2, 0) is 9.59 Å². The summed E-state index contributed by atoms with van der Waals surface area (Å²) < 4.78 is 0. The molecule has 0 aromatic rings. The summed E-state index contributed by atoms with van der Waals surface area (Å²) >= 11 is 0. The minimum absolute atomic E-state index is 0.117. The van der Waals surface area contributed by atoms with Crippen LogP contribution in [0.1, 0.15) is 72.1 Å². The molecule has 0 aromatic heterocycles. The Hall–Kier alpha value is -0.900. The highest BCUT2D eigenvalue weighted by molar-refractivity contribution is 5.87. The van der Waals surface area contributed by atoms with Gasteiger partial charge in [-0.15, -0.1) is 0 Å². The molecule has 6 unspecified atom stereocenters. The molecular formula is C20H33NO3. The Morgan fingerprint density at radius 2 is 2.04 bits per heavy atom. The van der Waals surface area contributed by atoms with Gasteiger partial charge in [-0.05, 0) is 69.6 Å². The van der Waals surface area contributed by atoms with Crippen molar-refractivity contribution in [1.82, 2.24) is 4.90 Å². The van der Waals surface area contributed by atoms with E-state index in [0.717, 1.165) is 64.3 Å². The van der Waals surface area contributed by atoms with Crippen molar-refractivity contribution in [3.8, 4) is 0 Å². The number of hydrogen-bond donors (Lipinski definition) is 1. The van der Waals surface area contributed by atoms with Crippen LogP contribution in [0.3, 0.4) is 0 Å². The molecule has 1 aliphatic heterocycles. The van der Waals surface area contributed by atoms with Gasteiger partial charge in [0.15, 0.2) is 0 Å². The number of amides is 1. The van der Waals surface area contributed by atoms with Crippen LogP contribution in [0, 0.1) is 23.2 Å². The summed E-state index contributed by atoms with van der Waals surface area (Å²) in [6.45, 7) is 7.21. The first-order chi connectivity index (χ1) is 11.4. The Labute approximate surface area is 146 Å². The number of nitrogens with zero attached hydrogens (tertiary/aromatic N) is 1.